The van der Waals surface area contributed by atoms with E-state index in [0.29, 0.717) is 23.6 Å². The van der Waals surface area contributed by atoms with Crippen LogP contribution in [0.4, 0.5) is 5.69 Å². The number of hydrogen-bond acceptors (Lipinski definition) is 4. The highest BCUT2D eigenvalue weighted by molar-refractivity contribution is 5.96. The molecule has 0 spiro atoms. The molecule has 1 unspecified atom stereocenters. The lowest BCUT2D eigenvalue weighted by molar-refractivity contribution is -0.117. The molecule has 0 bridgehead atoms. The van der Waals surface area contributed by atoms with Gasteiger partial charge in [-0.3, -0.25) is 4.79 Å². The van der Waals surface area contributed by atoms with E-state index < -0.39 is 6.04 Å². The van der Waals surface area contributed by atoms with Gasteiger partial charge in [-0.05, 0) is 24.6 Å². The van der Waals surface area contributed by atoms with Crippen molar-refractivity contribution in [1.29, 1.82) is 0 Å². The van der Waals surface area contributed by atoms with Crippen molar-refractivity contribution in [2.45, 2.75) is 32.2 Å². The minimum Gasteiger partial charge on any atom is -0.440 e. The molecule has 0 fully saturated rings. The number of amides is 1. The first-order valence-corrected chi connectivity index (χ1v) is 6.59. The number of benzene rings is 1. The van der Waals surface area contributed by atoms with Gasteiger partial charge in [-0.15, -0.1) is 6.58 Å². The Morgan fingerprint density at radius 1 is 1.55 bits per heavy atom. The predicted octanol–water partition coefficient (Wildman–Crippen LogP) is 2.79. The van der Waals surface area contributed by atoms with Gasteiger partial charge in [0.2, 0.25) is 5.91 Å². The van der Waals surface area contributed by atoms with Crippen molar-refractivity contribution >= 4 is 22.7 Å². The number of nitrogens with one attached hydrogen (secondary N) is 1. The van der Waals surface area contributed by atoms with E-state index in [1.165, 1.54) is 0 Å². The maximum absolute atomic E-state index is 11.8. The average Bonchev–Trinajstić information content (AvgIpc) is 2.82. The number of rotatable bonds is 5. The smallest absolute Gasteiger partial charge is 0.241 e. The monoisotopic (exact) mass is 273 g/mol. The summed E-state index contributed by atoms with van der Waals surface area (Å²) in [4.78, 5) is 16.2. The van der Waals surface area contributed by atoms with Gasteiger partial charge >= 0.3 is 0 Å². The van der Waals surface area contributed by atoms with Gasteiger partial charge < -0.3 is 15.5 Å². The second kappa shape index (κ2) is 5.88. The molecule has 20 heavy (non-hydrogen) atoms. The number of hydrogen-bond donors (Lipinski definition) is 2. The molecule has 0 saturated carbocycles. The van der Waals surface area contributed by atoms with Gasteiger partial charge in [0.25, 0.3) is 0 Å². The van der Waals surface area contributed by atoms with Crippen molar-refractivity contribution < 1.29 is 9.21 Å². The van der Waals surface area contributed by atoms with E-state index in [2.05, 4.69) is 16.9 Å². The molecule has 0 aliphatic rings. The van der Waals surface area contributed by atoms with Crippen LogP contribution in [-0.2, 0) is 4.79 Å². The van der Waals surface area contributed by atoms with Gasteiger partial charge in [0.05, 0.1) is 6.04 Å². The van der Waals surface area contributed by atoms with E-state index in [1.807, 2.05) is 13.8 Å². The third-order valence-electron chi connectivity index (χ3n) is 2.92. The van der Waals surface area contributed by atoms with Crippen LogP contribution in [0.2, 0.25) is 0 Å². The highest BCUT2D eigenvalue weighted by atomic mass is 16.3. The van der Waals surface area contributed by atoms with Crippen LogP contribution in [0.1, 0.15) is 32.1 Å². The molecule has 3 N–H and O–H groups in total. The quantitative estimate of drug-likeness (QED) is 0.821. The van der Waals surface area contributed by atoms with Gasteiger partial charge in [-0.2, -0.15) is 0 Å². The Hall–Kier alpha value is -2.14. The van der Waals surface area contributed by atoms with Crippen LogP contribution in [0.25, 0.3) is 11.1 Å². The number of nitrogens with two attached hydrogens (primary N) is 1. The van der Waals surface area contributed by atoms with E-state index in [-0.39, 0.29) is 11.8 Å². The summed E-state index contributed by atoms with van der Waals surface area (Å²) in [5, 5.41) is 2.76. The Labute approximate surface area is 117 Å². The first-order chi connectivity index (χ1) is 9.51. The topological polar surface area (TPSA) is 81.2 Å². The Morgan fingerprint density at radius 3 is 2.95 bits per heavy atom. The van der Waals surface area contributed by atoms with Crippen LogP contribution in [0.5, 0.6) is 0 Å². The molecule has 5 heteroatoms. The summed E-state index contributed by atoms with van der Waals surface area (Å²) in [7, 11) is 0. The van der Waals surface area contributed by atoms with E-state index in [4.69, 9.17) is 10.2 Å². The van der Waals surface area contributed by atoms with E-state index >= 15 is 0 Å². The molecule has 1 amide bonds. The fourth-order valence-electron chi connectivity index (χ4n) is 1.79. The molecule has 2 aromatic rings. The summed E-state index contributed by atoms with van der Waals surface area (Å²) in [5.74, 6) is 0.671. The Kier molecular flexibility index (Phi) is 4.20. The van der Waals surface area contributed by atoms with Crippen molar-refractivity contribution in [2.75, 3.05) is 5.32 Å². The van der Waals surface area contributed by atoms with Gasteiger partial charge in [0.1, 0.15) is 5.52 Å². The molecule has 1 heterocycles. The summed E-state index contributed by atoms with van der Waals surface area (Å²) in [6.07, 6.45) is 2.07. The molecule has 0 aliphatic carbocycles. The molecule has 2 rings (SSSR count). The van der Waals surface area contributed by atoms with Gasteiger partial charge in [-0.1, -0.05) is 19.9 Å². The normalized spacial score (nSPS) is 12.6. The molecule has 106 valence electrons. The molecule has 0 radical (unpaired) electrons. The molecule has 0 aliphatic heterocycles. The number of carbonyl (C=O) groups is 1. The van der Waals surface area contributed by atoms with E-state index in [0.717, 1.165) is 5.52 Å². The lowest BCUT2D eigenvalue weighted by Gasteiger charge is -2.09. The second-order valence-electron chi connectivity index (χ2n) is 5.01. The van der Waals surface area contributed by atoms with Gasteiger partial charge in [0, 0.05) is 11.6 Å². The molecule has 0 saturated heterocycles. The van der Waals surface area contributed by atoms with Crippen LogP contribution in [0.3, 0.4) is 0 Å². The van der Waals surface area contributed by atoms with Crippen molar-refractivity contribution in [2.24, 2.45) is 5.73 Å². The first-order valence-electron chi connectivity index (χ1n) is 6.59. The zero-order valence-corrected chi connectivity index (χ0v) is 11.7. The fraction of sp³-hybridized carbons (Fsp3) is 0.333. The highest BCUT2D eigenvalue weighted by Gasteiger charge is 2.13. The molecule has 1 atom stereocenters. The van der Waals surface area contributed by atoms with Crippen LogP contribution in [-0.4, -0.2) is 16.9 Å². The average molecular weight is 273 g/mol. The Balaban J connectivity index is 2.19. The predicted molar refractivity (Wildman–Crippen MR) is 79.5 cm³/mol. The number of oxazole rings is 1. The Morgan fingerprint density at radius 2 is 2.30 bits per heavy atom. The standard InChI is InChI=1S/C15H19N3O2/c1-4-5-11(16)14(19)17-10-6-7-13-12(8-10)18-15(20-13)9(2)3/h4,6-9,11H,1,5,16H2,2-3H3,(H,17,19). The molecule has 1 aromatic carbocycles. The molecule has 1 aromatic heterocycles. The minimum absolute atomic E-state index is 0.224. The number of aromatic nitrogens is 1. The fourth-order valence-corrected chi connectivity index (χ4v) is 1.79. The molecule has 5 nitrogen and oxygen atoms in total. The maximum Gasteiger partial charge on any atom is 0.241 e. The van der Waals surface area contributed by atoms with E-state index in [1.54, 1.807) is 24.3 Å². The number of carbonyl (C=O) groups excluding carboxylic acids is 1. The van der Waals surface area contributed by atoms with Crippen LogP contribution >= 0.6 is 0 Å². The van der Waals surface area contributed by atoms with Crippen LogP contribution in [0, 0.1) is 0 Å². The largest absolute Gasteiger partial charge is 0.440 e. The van der Waals surface area contributed by atoms with Crippen LogP contribution < -0.4 is 11.1 Å². The summed E-state index contributed by atoms with van der Waals surface area (Å²) >= 11 is 0. The van der Waals surface area contributed by atoms with Crippen molar-refractivity contribution in [1.82, 2.24) is 4.98 Å². The van der Waals surface area contributed by atoms with Crippen molar-refractivity contribution in [3.8, 4) is 0 Å². The SMILES string of the molecule is C=CCC(N)C(=O)Nc1ccc2oc(C(C)C)nc2c1. The van der Waals surface area contributed by atoms with Gasteiger partial charge in [-0.25, -0.2) is 4.98 Å². The minimum atomic E-state index is -0.591. The first kappa shape index (κ1) is 14.3. The van der Waals surface area contributed by atoms with E-state index in [9.17, 15) is 4.79 Å². The molecular formula is C15H19N3O2. The summed E-state index contributed by atoms with van der Waals surface area (Å²) in [6, 6.07) is 4.76. The maximum atomic E-state index is 11.8. The Bertz CT molecular complexity index is 631. The van der Waals surface area contributed by atoms with Crippen molar-refractivity contribution in [3.05, 3.63) is 36.7 Å². The number of nitrogens with zero attached hydrogens (tertiary/aromatic N) is 1. The molecular weight excluding hydrogens is 254 g/mol. The zero-order valence-electron chi connectivity index (χ0n) is 11.7. The summed E-state index contributed by atoms with van der Waals surface area (Å²) < 4.78 is 5.61. The third-order valence-corrected chi connectivity index (χ3v) is 2.92. The lowest BCUT2D eigenvalue weighted by atomic mass is 10.2. The van der Waals surface area contributed by atoms with Crippen molar-refractivity contribution in [3.63, 3.8) is 0 Å². The highest BCUT2D eigenvalue weighted by Crippen LogP contribution is 2.23. The third kappa shape index (κ3) is 3.05. The summed E-state index contributed by atoms with van der Waals surface area (Å²) in [6.45, 7) is 7.60. The number of anilines is 1. The number of fused-ring (bicyclic) bond motifs is 1. The second-order valence-corrected chi connectivity index (χ2v) is 5.01. The van der Waals surface area contributed by atoms with Crippen LogP contribution in [0.15, 0.2) is 35.3 Å². The van der Waals surface area contributed by atoms with Gasteiger partial charge in [0.15, 0.2) is 11.5 Å². The zero-order chi connectivity index (χ0) is 14.7. The summed E-state index contributed by atoms with van der Waals surface area (Å²) in [5.41, 5.74) is 7.81. The lowest BCUT2D eigenvalue weighted by Crippen LogP contribution is -2.35.